The topological polar surface area (TPSA) is 52.7 Å². The number of amides is 2. The second kappa shape index (κ2) is 5.69. The molecular weight excluding hydrogens is 230 g/mol. The lowest BCUT2D eigenvalue weighted by atomic mass is 9.93. The number of nitrogens with zero attached hydrogens (tertiary/aromatic N) is 2. The third kappa shape index (κ3) is 3.02. The smallest absolute Gasteiger partial charge is 0.225 e. The van der Waals surface area contributed by atoms with Crippen molar-refractivity contribution in [2.24, 2.45) is 11.8 Å². The standard InChI is InChI=1S/C13H23N3O2/c1-15(2)13(18)11-3-5-16(6-4-11)12(17)7-10-8-14-9-10/h10-11,14H,3-9H2,1-2H3. The van der Waals surface area contributed by atoms with Crippen molar-refractivity contribution in [1.82, 2.24) is 15.1 Å². The number of rotatable bonds is 3. The van der Waals surface area contributed by atoms with Crippen molar-refractivity contribution in [1.29, 1.82) is 0 Å². The molecule has 0 spiro atoms. The molecule has 0 aromatic rings. The summed E-state index contributed by atoms with van der Waals surface area (Å²) >= 11 is 0. The first-order chi connectivity index (χ1) is 8.58. The van der Waals surface area contributed by atoms with Crippen LogP contribution in [0.5, 0.6) is 0 Å². The van der Waals surface area contributed by atoms with Crippen molar-refractivity contribution in [3.05, 3.63) is 0 Å². The maximum absolute atomic E-state index is 12.0. The van der Waals surface area contributed by atoms with Gasteiger partial charge in [0.1, 0.15) is 0 Å². The van der Waals surface area contributed by atoms with Crippen molar-refractivity contribution in [3.63, 3.8) is 0 Å². The molecule has 2 saturated heterocycles. The van der Waals surface area contributed by atoms with Crippen LogP contribution in [0.25, 0.3) is 0 Å². The maximum atomic E-state index is 12.0. The van der Waals surface area contributed by atoms with Crippen molar-refractivity contribution < 1.29 is 9.59 Å². The number of hydrogen-bond acceptors (Lipinski definition) is 3. The molecule has 5 nitrogen and oxygen atoms in total. The van der Waals surface area contributed by atoms with E-state index in [9.17, 15) is 9.59 Å². The fourth-order valence-electron chi connectivity index (χ4n) is 2.61. The third-order valence-electron chi connectivity index (χ3n) is 3.97. The molecule has 2 aliphatic rings. The number of likely N-dealkylation sites (tertiary alicyclic amines) is 1. The molecule has 0 unspecified atom stereocenters. The van der Waals surface area contributed by atoms with E-state index in [-0.39, 0.29) is 17.7 Å². The lowest BCUT2D eigenvalue weighted by Gasteiger charge is -2.34. The van der Waals surface area contributed by atoms with E-state index in [1.165, 1.54) is 0 Å². The Balaban J connectivity index is 1.75. The van der Waals surface area contributed by atoms with Gasteiger partial charge in [0.25, 0.3) is 0 Å². The van der Waals surface area contributed by atoms with Crippen LogP contribution in [0.4, 0.5) is 0 Å². The summed E-state index contributed by atoms with van der Waals surface area (Å²) in [5.41, 5.74) is 0. The number of hydrogen-bond donors (Lipinski definition) is 1. The Morgan fingerprint density at radius 1 is 1.22 bits per heavy atom. The van der Waals surface area contributed by atoms with Crippen LogP contribution in [-0.2, 0) is 9.59 Å². The van der Waals surface area contributed by atoms with Gasteiger partial charge in [-0.2, -0.15) is 0 Å². The summed E-state index contributed by atoms with van der Waals surface area (Å²) in [4.78, 5) is 27.4. The summed E-state index contributed by atoms with van der Waals surface area (Å²) < 4.78 is 0. The molecule has 5 heteroatoms. The second-order valence-corrected chi connectivity index (χ2v) is 5.62. The average Bonchev–Trinajstić information content (AvgIpc) is 2.32. The molecule has 1 N–H and O–H groups in total. The van der Waals surface area contributed by atoms with Crippen LogP contribution in [-0.4, -0.2) is 61.9 Å². The first-order valence-electron chi connectivity index (χ1n) is 6.77. The molecule has 0 atom stereocenters. The van der Waals surface area contributed by atoms with Gasteiger partial charge in [0.2, 0.25) is 11.8 Å². The molecule has 18 heavy (non-hydrogen) atoms. The highest BCUT2D eigenvalue weighted by atomic mass is 16.2. The van der Waals surface area contributed by atoms with Gasteiger partial charge >= 0.3 is 0 Å². The number of carbonyl (C=O) groups excluding carboxylic acids is 2. The van der Waals surface area contributed by atoms with Crippen LogP contribution >= 0.6 is 0 Å². The summed E-state index contributed by atoms with van der Waals surface area (Å²) in [5, 5.41) is 3.18. The predicted octanol–water partition coefficient (Wildman–Crippen LogP) is -0.0773. The molecule has 0 saturated carbocycles. The molecule has 2 heterocycles. The quantitative estimate of drug-likeness (QED) is 0.765. The van der Waals surface area contributed by atoms with Crippen LogP contribution in [0.15, 0.2) is 0 Å². The minimum Gasteiger partial charge on any atom is -0.349 e. The van der Waals surface area contributed by atoms with Crippen LogP contribution in [0, 0.1) is 11.8 Å². The molecule has 0 aromatic carbocycles. The van der Waals surface area contributed by atoms with E-state index in [2.05, 4.69) is 5.32 Å². The van der Waals surface area contributed by atoms with Crippen molar-refractivity contribution in [2.75, 3.05) is 40.3 Å². The zero-order valence-electron chi connectivity index (χ0n) is 11.3. The fraction of sp³-hybridized carbons (Fsp3) is 0.846. The first kappa shape index (κ1) is 13.3. The normalized spacial score (nSPS) is 21.6. The molecule has 0 aromatic heterocycles. The molecule has 2 aliphatic heterocycles. The highest BCUT2D eigenvalue weighted by molar-refractivity contribution is 5.80. The third-order valence-corrected chi connectivity index (χ3v) is 3.97. The van der Waals surface area contributed by atoms with Crippen molar-refractivity contribution in [2.45, 2.75) is 19.3 Å². The zero-order chi connectivity index (χ0) is 13.1. The van der Waals surface area contributed by atoms with E-state index in [0.717, 1.165) is 39.0 Å². The number of carbonyl (C=O) groups is 2. The Bertz CT molecular complexity index is 318. The molecule has 0 bridgehead atoms. The molecule has 0 radical (unpaired) electrons. The van der Waals surface area contributed by atoms with Gasteiger partial charge in [0.15, 0.2) is 0 Å². The molecule has 2 fully saturated rings. The van der Waals surface area contributed by atoms with Crippen LogP contribution in [0.3, 0.4) is 0 Å². The summed E-state index contributed by atoms with van der Waals surface area (Å²) in [5.74, 6) is 1.09. The summed E-state index contributed by atoms with van der Waals surface area (Å²) in [6.07, 6.45) is 2.29. The zero-order valence-corrected chi connectivity index (χ0v) is 11.3. The van der Waals surface area contributed by atoms with E-state index in [0.29, 0.717) is 12.3 Å². The van der Waals surface area contributed by atoms with Crippen molar-refractivity contribution >= 4 is 11.8 Å². The fourth-order valence-corrected chi connectivity index (χ4v) is 2.61. The van der Waals surface area contributed by atoms with Gasteiger partial charge < -0.3 is 15.1 Å². The number of nitrogens with one attached hydrogen (secondary N) is 1. The van der Waals surface area contributed by atoms with Crippen LogP contribution in [0.2, 0.25) is 0 Å². The van der Waals surface area contributed by atoms with E-state index in [1.54, 1.807) is 19.0 Å². The van der Waals surface area contributed by atoms with E-state index in [4.69, 9.17) is 0 Å². The van der Waals surface area contributed by atoms with Gasteiger partial charge in [0.05, 0.1) is 0 Å². The average molecular weight is 253 g/mol. The van der Waals surface area contributed by atoms with Gasteiger partial charge in [-0.25, -0.2) is 0 Å². The van der Waals surface area contributed by atoms with E-state index >= 15 is 0 Å². The van der Waals surface area contributed by atoms with Gasteiger partial charge in [-0.15, -0.1) is 0 Å². The minimum absolute atomic E-state index is 0.106. The minimum atomic E-state index is 0.106. The SMILES string of the molecule is CN(C)C(=O)C1CCN(C(=O)CC2CNC2)CC1. The second-order valence-electron chi connectivity index (χ2n) is 5.62. The molecular formula is C13H23N3O2. The highest BCUT2D eigenvalue weighted by Crippen LogP contribution is 2.20. The number of piperidine rings is 1. The lowest BCUT2D eigenvalue weighted by Crippen LogP contribution is -2.47. The van der Waals surface area contributed by atoms with Crippen molar-refractivity contribution in [3.8, 4) is 0 Å². The van der Waals surface area contributed by atoms with Gasteiger partial charge in [-0.1, -0.05) is 0 Å². The Morgan fingerprint density at radius 3 is 2.28 bits per heavy atom. The Kier molecular flexibility index (Phi) is 4.22. The lowest BCUT2D eigenvalue weighted by molar-refractivity contribution is -0.139. The monoisotopic (exact) mass is 253 g/mol. The van der Waals surface area contributed by atoms with Crippen LogP contribution in [0.1, 0.15) is 19.3 Å². The highest BCUT2D eigenvalue weighted by Gasteiger charge is 2.29. The maximum Gasteiger partial charge on any atom is 0.225 e. The molecule has 2 amide bonds. The van der Waals surface area contributed by atoms with Gasteiger partial charge in [0, 0.05) is 39.5 Å². The van der Waals surface area contributed by atoms with Gasteiger partial charge in [-0.3, -0.25) is 9.59 Å². The Morgan fingerprint density at radius 2 is 1.83 bits per heavy atom. The molecule has 0 aliphatic carbocycles. The Hall–Kier alpha value is -1.10. The molecule has 2 rings (SSSR count). The van der Waals surface area contributed by atoms with E-state index in [1.807, 2.05) is 4.90 Å². The predicted molar refractivity (Wildman–Crippen MR) is 69.0 cm³/mol. The van der Waals surface area contributed by atoms with E-state index < -0.39 is 0 Å². The summed E-state index contributed by atoms with van der Waals surface area (Å²) in [7, 11) is 3.59. The summed E-state index contributed by atoms with van der Waals surface area (Å²) in [6, 6.07) is 0. The first-order valence-corrected chi connectivity index (χ1v) is 6.77. The Labute approximate surface area is 108 Å². The largest absolute Gasteiger partial charge is 0.349 e. The van der Waals surface area contributed by atoms with Gasteiger partial charge in [-0.05, 0) is 31.8 Å². The molecule has 102 valence electrons. The summed E-state index contributed by atoms with van der Waals surface area (Å²) in [6.45, 7) is 3.43. The van der Waals surface area contributed by atoms with Crippen LogP contribution < -0.4 is 5.32 Å².